The van der Waals surface area contributed by atoms with Crippen LogP contribution >= 0.6 is 0 Å². The van der Waals surface area contributed by atoms with E-state index < -0.39 is 0 Å². The molecule has 0 amide bonds. The molecule has 0 saturated heterocycles. The molecule has 0 saturated carbocycles. The average molecular weight is 591 g/mol. The van der Waals surface area contributed by atoms with E-state index in [0.717, 1.165) is 51.9 Å². The number of aromatic nitrogens is 2. The predicted octanol–water partition coefficient (Wildman–Crippen LogP) is 9.50. The molecule has 0 aliphatic carbocycles. The standard InChI is InChI=1S/C40H38N4O/c1-26-19-27(2)39(28(3)20-26)33-21-32(37-25-43-18-11-10-17-38(43)42(37)6)22-36(23-33)45-35-16-12-15-34(24-35)44-30(5)40(29(4)41-44)31-13-8-7-9-14-31/h7-17,19-25H,18H2,1-6H3. The highest BCUT2D eigenvalue weighted by Crippen LogP contribution is 2.39. The van der Waals surface area contributed by atoms with Gasteiger partial charge in [-0.15, -0.1) is 0 Å². The zero-order valence-electron chi connectivity index (χ0n) is 26.8. The summed E-state index contributed by atoms with van der Waals surface area (Å²) in [5.41, 5.74) is 13.8. The Kier molecular flexibility index (Phi) is 7.17. The van der Waals surface area contributed by atoms with Gasteiger partial charge in [-0.25, -0.2) is 4.68 Å². The minimum Gasteiger partial charge on any atom is -0.457 e. The molecule has 0 fully saturated rings. The Hall–Kier alpha value is -5.29. The van der Waals surface area contributed by atoms with E-state index in [9.17, 15) is 0 Å². The summed E-state index contributed by atoms with van der Waals surface area (Å²) >= 11 is 0. The maximum atomic E-state index is 6.69. The number of benzene rings is 4. The van der Waals surface area contributed by atoms with Crippen molar-refractivity contribution in [3.05, 3.63) is 149 Å². The Morgan fingerprint density at radius 3 is 2.22 bits per heavy atom. The van der Waals surface area contributed by atoms with Crippen molar-refractivity contribution in [2.75, 3.05) is 13.6 Å². The summed E-state index contributed by atoms with van der Waals surface area (Å²) < 4.78 is 8.71. The molecule has 0 radical (unpaired) electrons. The van der Waals surface area contributed by atoms with Gasteiger partial charge in [0, 0.05) is 42.7 Å². The predicted molar refractivity (Wildman–Crippen MR) is 184 cm³/mol. The van der Waals surface area contributed by atoms with E-state index in [4.69, 9.17) is 9.84 Å². The van der Waals surface area contributed by atoms with Crippen LogP contribution in [0.1, 0.15) is 33.6 Å². The second kappa shape index (κ2) is 11.3. The Bertz CT molecular complexity index is 2010. The number of hydrogen-bond donors (Lipinski definition) is 0. The van der Waals surface area contributed by atoms with Gasteiger partial charge in [-0.3, -0.25) is 0 Å². The van der Waals surface area contributed by atoms with Crippen molar-refractivity contribution in [3.8, 4) is 39.4 Å². The van der Waals surface area contributed by atoms with E-state index in [0.29, 0.717) is 0 Å². The van der Waals surface area contributed by atoms with Crippen molar-refractivity contribution in [3.63, 3.8) is 0 Å². The molecule has 0 atom stereocenters. The van der Waals surface area contributed by atoms with Crippen molar-refractivity contribution in [1.82, 2.24) is 19.6 Å². The van der Waals surface area contributed by atoms with Crippen LogP contribution in [-0.2, 0) is 0 Å². The van der Waals surface area contributed by atoms with E-state index in [1.54, 1.807) is 0 Å². The van der Waals surface area contributed by atoms with Crippen molar-refractivity contribution in [2.45, 2.75) is 34.6 Å². The lowest BCUT2D eigenvalue weighted by Gasteiger charge is -2.24. The molecule has 0 N–H and O–H groups in total. The van der Waals surface area contributed by atoms with Crippen molar-refractivity contribution in [2.24, 2.45) is 0 Å². The molecule has 0 unspecified atom stereocenters. The molecule has 0 bridgehead atoms. The van der Waals surface area contributed by atoms with E-state index in [-0.39, 0.29) is 0 Å². The molecule has 1 aromatic heterocycles. The number of allylic oxidation sites excluding steroid dienone is 2. The molecule has 7 rings (SSSR count). The summed E-state index contributed by atoms with van der Waals surface area (Å²) in [7, 11) is 2.13. The van der Waals surface area contributed by atoms with Gasteiger partial charge in [0.05, 0.1) is 17.1 Å². The second-order valence-corrected chi connectivity index (χ2v) is 12.1. The minimum absolute atomic E-state index is 0.764. The van der Waals surface area contributed by atoms with Gasteiger partial charge in [-0.05, 0) is 98.8 Å². The van der Waals surface area contributed by atoms with Crippen LogP contribution in [0.15, 0.2) is 115 Å². The van der Waals surface area contributed by atoms with E-state index in [2.05, 4.69) is 143 Å². The SMILES string of the molecule is Cc1cc(C)c(-c2cc(Oc3cccc(-n4nc(C)c(-c5ccccc5)c4C)c3)cc(C3=CN4CC=CC=C4N3C)c2)c(C)c1. The van der Waals surface area contributed by atoms with Gasteiger partial charge in [-0.1, -0.05) is 66.2 Å². The normalized spacial score (nSPS) is 14.0. The molecule has 45 heavy (non-hydrogen) atoms. The summed E-state index contributed by atoms with van der Waals surface area (Å²) in [5, 5.41) is 4.93. The highest BCUT2D eigenvalue weighted by atomic mass is 16.5. The van der Waals surface area contributed by atoms with Gasteiger partial charge >= 0.3 is 0 Å². The lowest BCUT2D eigenvalue weighted by molar-refractivity contribution is 0.422. The first kappa shape index (κ1) is 28.5. The second-order valence-electron chi connectivity index (χ2n) is 12.1. The Labute approximate surface area is 266 Å². The summed E-state index contributed by atoms with van der Waals surface area (Å²) in [6.45, 7) is 11.6. The molecule has 2 aliphatic heterocycles. The highest BCUT2D eigenvalue weighted by molar-refractivity contribution is 5.79. The third kappa shape index (κ3) is 5.25. The van der Waals surface area contributed by atoms with E-state index in [1.807, 2.05) is 22.9 Å². The smallest absolute Gasteiger partial charge is 0.129 e. The fraction of sp³-hybridized carbons (Fsp3) is 0.175. The number of fused-ring (bicyclic) bond motifs is 1. The molecule has 5 heteroatoms. The van der Waals surface area contributed by atoms with Crippen LogP contribution in [0.3, 0.4) is 0 Å². The van der Waals surface area contributed by atoms with Crippen molar-refractivity contribution >= 4 is 5.70 Å². The maximum absolute atomic E-state index is 6.69. The number of rotatable bonds is 6. The largest absolute Gasteiger partial charge is 0.457 e. The van der Waals surface area contributed by atoms with Gasteiger partial charge in [0.25, 0.3) is 0 Å². The summed E-state index contributed by atoms with van der Waals surface area (Å²) in [6.07, 6.45) is 8.71. The van der Waals surface area contributed by atoms with Crippen LogP contribution in [0.25, 0.3) is 33.6 Å². The number of aryl methyl sites for hydroxylation is 4. The van der Waals surface area contributed by atoms with Crippen LogP contribution in [-0.4, -0.2) is 33.2 Å². The molecular formula is C40H38N4O. The topological polar surface area (TPSA) is 33.5 Å². The monoisotopic (exact) mass is 590 g/mol. The molecule has 2 aliphatic rings. The van der Waals surface area contributed by atoms with Gasteiger partial charge in [0.15, 0.2) is 0 Å². The lowest BCUT2D eigenvalue weighted by Crippen LogP contribution is -2.22. The molecule has 4 aromatic carbocycles. The zero-order chi connectivity index (χ0) is 31.2. The van der Waals surface area contributed by atoms with Gasteiger partial charge < -0.3 is 14.5 Å². The molecular weight excluding hydrogens is 552 g/mol. The molecule has 224 valence electrons. The van der Waals surface area contributed by atoms with Crippen molar-refractivity contribution in [1.29, 1.82) is 0 Å². The first-order valence-electron chi connectivity index (χ1n) is 15.5. The fourth-order valence-corrected chi connectivity index (χ4v) is 6.88. The van der Waals surface area contributed by atoms with Crippen molar-refractivity contribution < 1.29 is 4.74 Å². The number of hydrogen-bond acceptors (Lipinski definition) is 4. The first-order valence-corrected chi connectivity index (χ1v) is 15.5. The number of ether oxygens (including phenoxy) is 1. The molecule has 3 heterocycles. The molecule has 5 nitrogen and oxygen atoms in total. The van der Waals surface area contributed by atoms with Crippen LogP contribution < -0.4 is 4.74 Å². The van der Waals surface area contributed by atoms with Crippen LogP contribution in [0.4, 0.5) is 0 Å². The summed E-state index contributed by atoms with van der Waals surface area (Å²) in [6, 6.07) is 29.8. The van der Waals surface area contributed by atoms with Gasteiger partial charge in [0.1, 0.15) is 17.3 Å². The Morgan fingerprint density at radius 2 is 1.47 bits per heavy atom. The summed E-state index contributed by atoms with van der Waals surface area (Å²) in [4.78, 5) is 4.54. The van der Waals surface area contributed by atoms with Crippen LogP contribution in [0, 0.1) is 34.6 Å². The van der Waals surface area contributed by atoms with E-state index in [1.165, 1.54) is 39.2 Å². The van der Waals surface area contributed by atoms with Gasteiger partial charge in [-0.2, -0.15) is 5.10 Å². The maximum Gasteiger partial charge on any atom is 0.129 e. The van der Waals surface area contributed by atoms with Crippen LogP contribution in [0.2, 0.25) is 0 Å². The zero-order valence-corrected chi connectivity index (χ0v) is 26.8. The Morgan fingerprint density at radius 1 is 0.711 bits per heavy atom. The third-order valence-corrected chi connectivity index (χ3v) is 8.78. The molecule has 5 aromatic rings. The van der Waals surface area contributed by atoms with Crippen LogP contribution in [0.5, 0.6) is 11.5 Å². The lowest BCUT2D eigenvalue weighted by atomic mass is 9.92. The first-order chi connectivity index (χ1) is 21.8. The third-order valence-electron chi connectivity index (χ3n) is 8.78. The average Bonchev–Trinajstić information content (AvgIpc) is 3.52. The molecule has 0 spiro atoms. The van der Waals surface area contributed by atoms with E-state index >= 15 is 0 Å². The number of nitrogens with zero attached hydrogens (tertiary/aromatic N) is 4. The minimum atomic E-state index is 0.764. The fourth-order valence-electron chi connectivity index (χ4n) is 6.88. The Balaban J connectivity index is 1.29. The highest BCUT2D eigenvalue weighted by Gasteiger charge is 2.26. The quantitative estimate of drug-likeness (QED) is 0.197. The van der Waals surface area contributed by atoms with Gasteiger partial charge in [0.2, 0.25) is 0 Å². The summed E-state index contributed by atoms with van der Waals surface area (Å²) in [5.74, 6) is 2.74.